The van der Waals surface area contributed by atoms with Gasteiger partial charge in [-0.1, -0.05) is 11.6 Å². The van der Waals surface area contributed by atoms with E-state index in [-0.39, 0.29) is 11.6 Å². The van der Waals surface area contributed by atoms with Crippen molar-refractivity contribution >= 4 is 45.8 Å². The Morgan fingerprint density at radius 3 is 2.31 bits per heavy atom. The molecular weight excluding hydrogens is 264 g/mol. The first-order chi connectivity index (χ1) is 7.61. The number of thiophene rings is 2. The fourth-order valence-corrected chi connectivity index (χ4v) is 4.07. The molecule has 0 fully saturated rings. The van der Waals surface area contributed by atoms with Crippen LogP contribution in [0.2, 0.25) is 5.02 Å². The zero-order chi connectivity index (χ0) is 11.4. The Hall–Kier alpha value is -0.970. The van der Waals surface area contributed by atoms with E-state index in [2.05, 4.69) is 0 Å². The zero-order valence-electron chi connectivity index (χ0n) is 8.17. The summed E-state index contributed by atoms with van der Waals surface area (Å²) in [6.07, 6.45) is 0. The van der Waals surface area contributed by atoms with Crippen molar-refractivity contribution in [1.29, 1.82) is 0 Å². The second-order valence-electron chi connectivity index (χ2n) is 3.57. The molecule has 1 aliphatic carbocycles. The highest BCUT2D eigenvalue weighted by molar-refractivity contribution is 7.16. The lowest BCUT2D eigenvalue weighted by atomic mass is 9.94. The van der Waals surface area contributed by atoms with Crippen molar-refractivity contribution in [2.75, 3.05) is 0 Å². The first-order valence-electron chi connectivity index (χ1n) is 4.55. The fourth-order valence-electron chi connectivity index (χ4n) is 1.84. The molecule has 0 saturated carbocycles. The van der Waals surface area contributed by atoms with Crippen molar-refractivity contribution in [2.24, 2.45) is 0 Å². The molecule has 5 heteroatoms. The van der Waals surface area contributed by atoms with Gasteiger partial charge < -0.3 is 0 Å². The minimum atomic E-state index is -0.117. The monoisotopic (exact) mass is 268 g/mol. The molecule has 0 saturated heterocycles. The van der Waals surface area contributed by atoms with E-state index in [1.807, 2.05) is 12.3 Å². The lowest BCUT2D eigenvalue weighted by molar-refractivity contribution is 0.0985. The van der Waals surface area contributed by atoms with E-state index in [9.17, 15) is 9.59 Å². The predicted molar refractivity (Wildman–Crippen MR) is 65.3 cm³/mol. The average molecular weight is 269 g/mol. The molecule has 0 bridgehead atoms. The largest absolute Gasteiger partial charge is 0.288 e. The maximum absolute atomic E-state index is 12.2. The summed E-state index contributed by atoms with van der Waals surface area (Å²) in [4.78, 5) is 25.3. The van der Waals surface area contributed by atoms with Gasteiger partial charge in [-0.15, -0.1) is 22.7 Å². The summed E-state index contributed by atoms with van der Waals surface area (Å²) in [5.41, 5.74) is 1.81. The van der Waals surface area contributed by atoms with Gasteiger partial charge in [0.05, 0.1) is 20.3 Å². The number of fused-ring (bicyclic) bond motifs is 2. The van der Waals surface area contributed by atoms with Gasteiger partial charge in [-0.2, -0.15) is 0 Å². The van der Waals surface area contributed by atoms with Gasteiger partial charge in [0.15, 0.2) is 0 Å². The molecule has 3 rings (SSSR count). The minimum Gasteiger partial charge on any atom is -0.288 e. The smallest absolute Gasteiger partial charge is 0.206 e. The molecule has 2 aromatic heterocycles. The highest BCUT2D eigenvalue weighted by atomic mass is 35.5. The SMILES string of the molecule is Cc1csc2c1C(=O)c1scc(Cl)c1C2=O. The number of rotatable bonds is 0. The Balaban J connectivity index is 2.38. The van der Waals surface area contributed by atoms with Gasteiger partial charge in [-0.3, -0.25) is 9.59 Å². The van der Waals surface area contributed by atoms with E-state index < -0.39 is 0 Å². The molecule has 16 heavy (non-hydrogen) atoms. The van der Waals surface area contributed by atoms with Gasteiger partial charge in [-0.25, -0.2) is 0 Å². The van der Waals surface area contributed by atoms with Crippen LogP contribution >= 0.6 is 34.3 Å². The quantitative estimate of drug-likeness (QED) is 0.625. The molecule has 1 aliphatic rings. The molecule has 0 spiro atoms. The third-order valence-electron chi connectivity index (χ3n) is 2.59. The maximum Gasteiger partial charge on any atom is 0.206 e. The Morgan fingerprint density at radius 1 is 1.00 bits per heavy atom. The molecule has 80 valence electrons. The number of aryl methyl sites for hydroxylation is 1. The van der Waals surface area contributed by atoms with E-state index in [0.29, 0.717) is 25.9 Å². The molecule has 0 aliphatic heterocycles. The standard InChI is InChI=1S/C11H5ClO2S2/c1-4-2-15-10-6(4)8(13)11-7(9(10)14)5(12)3-16-11/h2-3H,1H3. The van der Waals surface area contributed by atoms with E-state index >= 15 is 0 Å². The predicted octanol–water partition coefficient (Wildman–Crippen LogP) is 3.55. The maximum atomic E-state index is 12.2. The van der Waals surface area contributed by atoms with Gasteiger partial charge >= 0.3 is 0 Å². The average Bonchev–Trinajstić information content (AvgIpc) is 2.80. The Kier molecular flexibility index (Phi) is 2.08. The summed E-state index contributed by atoms with van der Waals surface area (Å²) in [6, 6.07) is 0. The first-order valence-corrected chi connectivity index (χ1v) is 6.69. The summed E-state index contributed by atoms with van der Waals surface area (Å²) in [6.45, 7) is 1.85. The van der Waals surface area contributed by atoms with Crippen LogP contribution in [0.5, 0.6) is 0 Å². The third kappa shape index (κ3) is 1.12. The Bertz CT molecular complexity index is 580. The molecule has 0 N–H and O–H groups in total. The summed E-state index contributed by atoms with van der Waals surface area (Å²) >= 11 is 8.49. The molecule has 2 aromatic rings. The van der Waals surface area contributed by atoms with Crippen LogP contribution < -0.4 is 0 Å². The number of carbonyl (C=O) groups excluding carboxylic acids is 2. The van der Waals surface area contributed by atoms with Crippen LogP contribution in [0.4, 0.5) is 0 Å². The Labute approximate surface area is 104 Å². The number of halogens is 1. The molecule has 2 heterocycles. The number of hydrogen-bond donors (Lipinski definition) is 0. The summed E-state index contributed by atoms with van der Waals surface area (Å²) in [7, 11) is 0. The molecule has 0 aromatic carbocycles. The van der Waals surface area contributed by atoms with Crippen molar-refractivity contribution in [3.8, 4) is 0 Å². The van der Waals surface area contributed by atoms with Gasteiger partial charge in [0.25, 0.3) is 0 Å². The zero-order valence-corrected chi connectivity index (χ0v) is 10.6. The van der Waals surface area contributed by atoms with E-state index in [4.69, 9.17) is 11.6 Å². The van der Waals surface area contributed by atoms with Gasteiger partial charge in [0.1, 0.15) is 0 Å². The Morgan fingerprint density at radius 2 is 1.56 bits per heavy atom. The number of ketones is 2. The van der Waals surface area contributed by atoms with Crippen LogP contribution in [0.3, 0.4) is 0 Å². The van der Waals surface area contributed by atoms with Crippen molar-refractivity contribution in [3.05, 3.63) is 42.2 Å². The molecule has 0 atom stereocenters. The summed E-state index contributed by atoms with van der Waals surface area (Å²) in [5, 5.41) is 3.87. The number of carbonyl (C=O) groups is 2. The number of hydrogen-bond acceptors (Lipinski definition) is 4. The highest BCUT2D eigenvalue weighted by Crippen LogP contribution is 2.39. The van der Waals surface area contributed by atoms with Crippen LogP contribution in [0.25, 0.3) is 0 Å². The van der Waals surface area contributed by atoms with Crippen molar-refractivity contribution in [2.45, 2.75) is 6.92 Å². The van der Waals surface area contributed by atoms with Crippen molar-refractivity contribution in [3.63, 3.8) is 0 Å². The molecule has 0 unspecified atom stereocenters. The van der Waals surface area contributed by atoms with E-state index in [1.54, 1.807) is 5.38 Å². The van der Waals surface area contributed by atoms with E-state index in [0.717, 1.165) is 5.56 Å². The molecule has 0 radical (unpaired) electrons. The topological polar surface area (TPSA) is 34.1 Å². The first kappa shape index (κ1) is 10.2. The fraction of sp³-hybridized carbons (Fsp3) is 0.0909. The van der Waals surface area contributed by atoms with Crippen LogP contribution in [0.1, 0.15) is 36.0 Å². The highest BCUT2D eigenvalue weighted by Gasteiger charge is 2.35. The summed E-state index contributed by atoms with van der Waals surface area (Å²) < 4.78 is 0. The normalized spacial score (nSPS) is 13.9. The second-order valence-corrected chi connectivity index (χ2v) is 5.74. The van der Waals surface area contributed by atoms with Crippen LogP contribution in [0, 0.1) is 6.92 Å². The molecular formula is C11H5ClO2S2. The van der Waals surface area contributed by atoms with Crippen LogP contribution in [-0.2, 0) is 0 Å². The van der Waals surface area contributed by atoms with Crippen molar-refractivity contribution < 1.29 is 9.59 Å². The van der Waals surface area contributed by atoms with Crippen LogP contribution in [0.15, 0.2) is 10.8 Å². The molecule has 2 nitrogen and oxygen atoms in total. The second kappa shape index (κ2) is 3.26. The van der Waals surface area contributed by atoms with Crippen LogP contribution in [-0.4, -0.2) is 11.6 Å². The van der Waals surface area contributed by atoms with Gasteiger partial charge in [0.2, 0.25) is 11.6 Å². The van der Waals surface area contributed by atoms with E-state index in [1.165, 1.54) is 22.7 Å². The minimum absolute atomic E-state index is 0.0692. The van der Waals surface area contributed by atoms with Crippen molar-refractivity contribution in [1.82, 2.24) is 0 Å². The summed E-state index contributed by atoms with van der Waals surface area (Å²) in [5.74, 6) is -0.186. The van der Waals surface area contributed by atoms with Gasteiger partial charge in [-0.05, 0) is 17.9 Å². The lowest BCUT2D eigenvalue weighted by Crippen LogP contribution is -2.17. The lowest BCUT2D eigenvalue weighted by Gasteiger charge is -2.10. The molecule has 0 amide bonds. The van der Waals surface area contributed by atoms with Gasteiger partial charge in [0, 0.05) is 10.9 Å². The third-order valence-corrected chi connectivity index (χ3v) is 5.09.